The lowest BCUT2D eigenvalue weighted by molar-refractivity contribution is -0.146. The number of ether oxygens (including phenoxy) is 2. The molecule has 0 saturated heterocycles. The maximum absolute atomic E-state index is 11.8. The first kappa shape index (κ1) is 19.1. The number of carboxylic acids is 1. The Hall–Kier alpha value is -2.94. The summed E-state index contributed by atoms with van der Waals surface area (Å²) < 4.78 is 9.47. The van der Waals surface area contributed by atoms with Crippen LogP contribution in [0.5, 0.6) is 0 Å². The second kappa shape index (κ2) is 9.26. The number of hydrogen-bond acceptors (Lipinski definition) is 7. The number of nitrogens with one attached hydrogen (secondary N) is 1. The molecule has 1 amide bonds. The molecule has 9 nitrogen and oxygen atoms in total. The van der Waals surface area contributed by atoms with Crippen LogP contribution in [-0.2, 0) is 23.9 Å². The minimum Gasteiger partial charge on any atom is -0.481 e. The average molecular weight is 338 g/mol. The van der Waals surface area contributed by atoms with Crippen molar-refractivity contribution in [3.05, 3.63) is 35.9 Å². The normalized spacial score (nSPS) is 12.6. The molecule has 1 rings (SSSR count). The molecule has 4 N–H and O–H groups in total. The first-order valence-electron chi connectivity index (χ1n) is 6.93. The summed E-state index contributed by atoms with van der Waals surface area (Å²) in [7, 11) is 1.09. The highest BCUT2D eigenvalue weighted by atomic mass is 16.5. The molecule has 0 radical (unpaired) electrons. The number of aliphatic carboxylic acids is 1. The Morgan fingerprint density at radius 3 is 2.38 bits per heavy atom. The lowest BCUT2D eigenvalue weighted by atomic mass is 10.2. The van der Waals surface area contributed by atoms with Gasteiger partial charge in [-0.1, -0.05) is 18.2 Å². The van der Waals surface area contributed by atoms with Crippen molar-refractivity contribution in [3.63, 3.8) is 0 Å². The summed E-state index contributed by atoms with van der Waals surface area (Å²) in [5.41, 5.74) is 5.68. The lowest BCUT2D eigenvalue weighted by Gasteiger charge is -2.18. The Balaban J connectivity index is 2.66. The zero-order valence-electron chi connectivity index (χ0n) is 12.9. The summed E-state index contributed by atoms with van der Waals surface area (Å²) in [5, 5.41) is 10.8. The van der Waals surface area contributed by atoms with E-state index < -0.39 is 48.9 Å². The van der Waals surface area contributed by atoms with Crippen molar-refractivity contribution in [1.29, 1.82) is 0 Å². The standard InChI is InChI=1S/C15H18N2O7/c1-23-15(22)11(17-13(20)10(16)7-12(18)19)8-24-14(21)9-5-3-2-4-6-9/h2-6,10-11H,7-8,16H2,1H3,(H,17,20)(H,18,19). The molecule has 0 heterocycles. The van der Waals surface area contributed by atoms with Gasteiger partial charge in [-0.15, -0.1) is 0 Å². The summed E-state index contributed by atoms with van der Waals surface area (Å²) in [6.45, 7) is -0.480. The van der Waals surface area contributed by atoms with Gasteiger partial charge in [-0.25, -0.2) is 9.59 Å². The molecule has 130 valence electrons. The van der Waals surface area contributed by atoms with Crippen LogP contribution >= 0.6 is 0 Å². The van der Waals surface area contributed by atoms with Crippen LogP contribution in [0.1, 0.15) is 16.8 Å². The van der Waals surface area contributed by atoms with Crippen LogP contribution in [0.3, 0.4) is 0 Å². The van der Waals surface area contributed by atoms with Gasteiger partial charge in [0.05, 0.1) is 25.1 Å². The van der Waals surface area contributed by atoms with E-state index >= 15 is 0 Å². The van der Waals surface area contributed by atoms with E-state index in [4.69, 9.17) is 15.6 Å². The van der Waals surface area contributed by atoms with Gasteiger partial charge in [-0.05, 0) is 12.1 Å². The molecule has 0 spiro atoms. The Bertz CT molecular complexity index is 603. The molecule has 1 aromatic rings. The predicted molar refractivity (Wildman–Crippen MR) is 80.9 cm³/mol. The molecule has 24 heavy (non-hydrogen) atoms. The first-order valence-corrected chi connectivity index (χ1v) is 6.93. The van der Waals surface area contributed by atoms with Gasteiger partial charge in [0.15, 0.2) is 6.04 Å². The van der Waals surface area contributed by atoms with Gasteiger partial charge in [0.1, 0.15) is 6.61 Å². The largest absolute Gasteiger partial charge is 0.481 e. The third-order valence-corrected chi connectivity index (χ3v) is 2.92. The summed E-state index contributed by atoms with van der Waals surface area (Å²) in [6.07, 6.45) is -0.608. The van der Waals surface area contributed by atoms with Crippen molar-refractivity contribution in [2.45, 2.75) is 18.5 Å². The minimum atomic E-state index is -1.35. The van der Waals surface area contributed by atoms with Gasteiger partial charge in [-0.3, -0.25) is 9.59 Å². The van der Waals surface area contributed by atoms with Crippen LogP contribution in [0.25, 0.3) is 0 Å². The fraction of sp³-hybridized carbons (Fsp3) is 0.333. The number of carbonyl (C=O) groups excluding carboxylic acids is 3. The number of carbonyl (C=O) groups is 4. The maximum Gasteiger partial charge on any atom is 0.338 e. The number of hydrogen-bond donors (Lipinski definition) is 3. The Labute approximate surface area is 137 Å². The third-order valence-electron chi connectivity index (χ3n) is 2.92. The van der Waals surface area contributed by atoms with Crippen molar-refractivity contribution in [1.82, 2.24) is 5.32 Å². The molecule has 0 aliphatic rings. The van der Waals surface area contributed by atoms with Crippen LogP contribution < -0.4 is 11.1 Å². The fourth-order valence-electron chi connectivity index (χ4n) is 1.69. The van der Waals surface area contributed by atoms with Gasteiger partial charge >= 0.3 is 17.9 Å². The van der Waals surface area contributed by atoms with E-state index in [1.165, 1.54) is 12.1 Å². The number of esters is 2. The van der Waals surface area contributed by atoms with Crippen molar-refractivity contribution >= 4 is 23.8 Å². The van der Waals surface area contributed by atoms with E-state index in [2.05, 4.69) is 10.1 Å². The molecule has 2 atom stereocenters. The highest BCUT2D eigenvalue weighted by Gasteiger charge is 2.27. The molecular weight excluding hydrogens is 320 g/mol. The zero-order valence-corrected chi connectivity index (χ0v) is 12.9. The van der Waals surface area contributed by atoms with E-state index in [9.17, 15) is 19.2 Å². The Morgan fingerprint density at radius 2 is 1.83 bits per heavy atom. The molecule has 1 aromatic carbocycles. The molecule has 0 bridgehead atoms. The van der Waals surface area contributed by atoms with Gasteiger partial charge in [0, 0.05) is 0 Å². The first-order chi connectivity index (χ1) is 11.3. The van der Waals surface area contributed by atoms with Gasteiger partial charge in [0.25, 0.3) is 0 Å². The van der Waals surface area contributed by atoms with Crippen LogP contribution in [0.15, 0.2) is 30.3 Å². The minimum absolute atomic E-state index is 0.273. The Kier molecular flexibility index (Phi) is 7.37. The topological polar surface area (TPSA) is 145 Å². The molecule has 0 fully saturated rings. The van der Waals surface area contributed by atoms with E-state index in [0.29, 0.717) is 0 Å². The van der Waals surface area contributed by atoms with E-state index in [0.717, 1.165) is 7.11 Å². The molecule has 9 heteroatoms. The van der Waals surface area contributed by atoms with Crippen molar-refractivity contribution in [2.24, 2.45) is 5.73 Å². The number of amides is 1. The lowest BCUT2D eigenvalue weighted by Crippen LogP contribution is -2.51. The maximum atomic E-state index is 11.8. The molecular formula is C15H18N2O7. The second-order valence-electron chi connectivity index (χ2n) is 4.75. The number of rotatable bonds is 8. The Morgan fingerprint density at radius 1 is 1.21 bits per heavy atom. The monoisotopic (exact) mass is 338 g/mol. The highest BCUT2D eigenvalue weighted by Crippen LogP contribution is 2.02. The van der Waals surface area contributed by atoms with Gasteiger partial charge < -0.3 is 25.6 Å². The molecule has 0 aliphatic heterocycles. The van der Waals surface area contributed by atoms with Crippen molar-refractivity contribution in [3.8, 4) is 0 Å². The molecule has 0 aromatic heterocycles. The zero-order chi connectivity index (χ0) is 18.1. The molecule has 0 saturated carbocycles. The second-order valence-corrected chi connectivity index (χ2v) is 4.75. The number of benzene rings is 1. The summed E-state index contributed by atoms with van der Waals surface area (Å²) in [4.78, 5) is 45.8. The van der Waals surface area contributed by atoms with E-state index in [-0.39, 0.29) is 5.56 Å². The van der Waals surface area contributed by atoms with Crippen LogP contribution in [0.4, 0.5) is 0 Å². The quantitative estimate of drug-likeness (QED) is 0.528. The number of methoxy groups -OCH3 is 1. The highest BCUT2D eigenvalue weighted by molar-refractivity contribution is 5.91. The summed E-state index contributed by atoms with van der Waals surface area (Å²) in [6, 6.07) is 5.41. The molecule has 2 unspecified atom stereocenters. The fourth-order valence-corrected chi connectivity index (χ4v) is 1.69. The van der Waals surface area contributed by atoms with Gasteiger partial charge in [-0.2, -0.15) is 0 Å². The average Bonchev–Trinajstić information content (AvgIpc) is 2.57. The van der Waals surface area contributed by atoms with Crippen molar-refractivity contribution < 1.29 is 33.8 Å². The molecule has 0 aliphatic carbocycles. The number of nitrogens with two attached hydrogens (primary N) is 1. The smallest absolute Gasteiger partial charge is 0.338 e. The SMILES string of the molecule is COC(=O)C(COC(=O)c1ccccc1)NC(=O)C(N)CC(=O)O. The van der Waals surface area contributed by atoms with Crippen LogP contribution in [0.2, 0.25) is 0 Å². The number of carboxylic acid groups (broad SMARTS) is 1. The van der Waals surface area contributed by atoms with Crippen LogP contribution in [0, 0.1) is 0 Å². The predicted octanol–water partition coefficient (Wildman–Crippen LogP) is -0.697. The van der Waals surface area contributed by atoms with Crippen LogP contribution in [-0.4, -0.2) is 54.7 Å². The van der Waals surface area contributed by atoms with Crippen molar-refractivity contribution in [2.75, 3.05) is 13.7 Å². The van der Waals surface area contributed by atoms with E-state index in [1.54, 1.807) is 18.2 Å². The summed E-state index contributed by atoms with van der Waals surface area (Å²) in [5.74, 6) is -3.67. The van der Waals surface area contributed by atoms with Gasteiger partial charge in [0.2, 0.25) is 5.91 Å². The third kappa shape index (κ3) is 6.05. The summed E-state index contributed by atoms with van der Waals surface area (Å²) >= 11 is 0. The van der Waals surface area contributed by atoms with E-state index in [1.807, 2.05) is 0 Å².